The second kappa shape index (κ2) is 6.04. The van der Waals surface area contributed by atoms with Crippen LogP contribution >= 0.6 is 0 Å². The molecule has 0 bridgehead atoms. The largest absolute Gasteiger partial charge is 0.297 e. The Hall–Kier alpha value is -2.34. The van der Waals surface area contributed by atoms with Gasteiger partial charge in [-0.3, -0.25) is 19.3 Å². The van der Waals surface area contributed by atoms with Crippen LogP contribution in [0.25, 0.3) is 5.65 Å². The molecular weight excluding hydrogens is 288 g/mol. The molecule has 118 valence electrons. The van der Waals surface area contributed by atoms with E-state index in [9.17, 15) is 0 Å². The van der Waals surface area contributed by atoms with Gasteiger partial charge in [0.25, 0.3) is 0 Å². The summed E-state index contributed by atoms with van der Waals surface area (Å²) in [5.41, 5.74) is 2.91. The average Bonchev–Trinajstić information content (AvgIpc) is 3.01. The normalized spacial score (nSPS) is 19.3. The number of hydrogen-bond acceptors (Lipinski definition) is 5. The molecule has 1 aliphatic rings. The molecule has 0 aromatic carbocycles. The second-order valence-corrected chi connectivity index (χ2v) is 6.21. The molecule has 1 saturated heterocycles. The van der Waals surface area contributed by atoms with Crippen LogP contribution in [0, 0.1) is 6.92 Å². The number of nitrogens with zero attached hydrogens (tertiary/aromatic N) is 6. The van der Waals surface area contributed by atoms with Crippen LogP contribution in [0.1, 0.15) is 36.0 Å². The van der Waals surface area contributed by atoms with Crippen molar-refractivity contribution in [2.45, 2.75) is 32.2 Å². The predicted octanol–water partition coefficient (Wildman–Crippen LogP) is 2.21. The van der Waals surface area contributed by atoms with Gasteiger partial charge in [0, 0.05) is 37.6 Å². The van der Waals surface area contributed by atoms with Crippen molar-refractivity contribution in [3.8, 4) is 0 Å². The number of hydrogen-bond donors (Lipinski definition) is 0. The predicted molar refractivity (Wildman–Crippen MR) is 87.0 cm³/mol. The van der Waals surface area contributed by atoms with Gasteiger partial charge in [-0.25, -0.2) is 0 Å². The fourth-order valence-corrected chi connectivity index (χ4v) is 3.28. The summed E-state index contributed by atoms with van der Waals surface area (Å²) in [7, 11) is 0. The van der Waals surface area contributed by atoms with Gasteiger partial charge in [-0.15, -0.1) is 10.2 Å². The number of piperidine rings is 1. The molecule has 23 heavy (non-hydrogen) atoms. The van der Waals surface area contributed by atoms with E-state index >= 15 is 0 Å². The van der Waals surface area contributed by atoms with E-state index in [2.05, 4.69) is 35.7 Å². The summed E-state index contributed by atoms with van der Waals surface area (Å²) in [5, 5.41) is 8.72. The fourth-order valence-electron chi connectivity index (χ4n) is 3.28. The minimum atomic E-state index is 0.416. The quantitative estimate of drug-likeness (QED) is 0.742. The zero-order chi connectivity index (χ0) is 15.6. The Balaban J connectivity index is 1.51. The van der Waals surface area contributed by atoms with Crippen molar-refractivity contribution in [3.05, 3.63) is 54.0 Å². The molecule has 0 spiro atoms. The van der Waals surface area contributed by atoms with Gasteiger partial charge in [0.2, 0.25) is 0 Å². The Bertz CT molecular complexity index is 794. The molecule has 1 aliphatic heterocycles. The summed E-state index contributed by atoms with van der Waals surface area (Å²) < 4.78 is 2.11. The Morgan fingerprint density at radius 2 is 2.13 bits per heavy atom. The smallest absolute Gasteiger partial charge is 0.160 e. The van der Waals surface area contributed by atoms with Crippen LogP contribution in [0.5, 0.6) is 0 Å². The number of aryl methyl sites for hydroxylation is 1. The number of fused-ring (bicyclic) bond motifs is 1. The van der Waals surface area contributed by atoms with Crippen molar-refractivity contribution in [1.82, 2.24) is 29.5 Å². The third-order valence-electron chi connectivity index (χ3n) is 4.43. The zero-order valence-corrected chi connectivity index (χ0v) is 13.3. The molecule has 0 N–H and O–H groups in total. The maximum atomic E-state index is 4.47. The first-order chi connectivity index (χ1) is 11.3. The lowest BCUT2D eigenvalue weighted by Gasteiger charge is -2.31. The third-order valence-corrected chi connectivity index (χ3v) is 4.43. The minimum absolute atomic E-state index is 0.416. The molecule has 3 aromatic heterocycles. The van der Waals surface area contributed by atoms with Crippen LogP contribution < -0.4 is 0 Å². The van der Waals surface area contributed by atoms with Gasteiger partial charge in [-0.1, -0.05) is 6.07 Å². The highest BCUT2D eigenvalue weighted by Gasteiger charge is 2.25. The molecule has 3 aromatic rings. The number of pyridine rings is 1. The van der Waals surface area contributed by atoms with E-state index in [1.807, 2.05) is 37.5 Å². The molecule has 0 unspecified atom stereocenters. The first kappa shape index (κ1) is 14.3. The van der Waals surface area contributed by atoms with Crippen molar-refractivity contribution in [3.63, 3.8) is 0 Å². The third kappa shape index (κ3) is 2.94. The second-order valence-electron chi connectivity index (χ2n) is 6.21. The van der Waals surface area contributed by atoms with E-state index in [-0.39, 0.29) is 0 Å². The summed E-state index contributed by atoms with van der Waals surface area (Å²) in [6, 6.07) is 6.03. The van der Waals surface area contributed by atoms with Gasteiger partial charge >= 0.3 is 0 Å². The van der Waals surface area contributed by atoms with Crippen LogP contribution in [-0.2, 0) is 6.54 Å². The van der Waals surface area contributed by atoms with Gasteiger partial charge in [-0.05, 0) is 38.4 Å². The average molecular weight is 308 g/mol. The van der Waals surface area contributed by atoms with Gasteiger partial charge in [0.15, 0.2) is 5.65 Å². The first-order valence-corrected chi connectivity index (χ1v) is 8.09. The lowest BCUT2D eigenvalue weighted by molar-refractivity contribution is 0.194. The van der Waals surface area contributed by atoms with E-state index in [0.717, 1.165) is 48.9 Å². The molecule has 6 nitrogen and oxygen atoms in total. The Morgan fingerprint density at radius 1 is 1.17 bits per heavy atom. The molecule has 6 heteroatoms. The SMILES string of the molecule is Cc1cnc(CN2CCC[C@H](c3nnc4ccccn34)C2)cn1. The molecule has 1 atom stereocenters. The molecule has 4 heterocycles. The highest BCUT2D eigenvalue weighted by Crippen LogP contribution is 2.26. The lowest BCUT2D eigenvalue weighted by atomic mass is 9.97. The highest BCUT2D eigenvalue weighted by atomic mass is 15.3. The van der Waals surface area contributed by atoms with Gasteiger partial charge in [-0.2, -0.15) is 0 Å². The van der Waals surface area contributed by atoms with Crippen LogP contribution in [0.15, 0.2) is 36.8 Å². The van der Waals surface area contributed by atoms with Gasteiger partial charge in [0.1, 0.15) is 5.82 Å². The van der Waals surface area contributed by atoms with Crippen molar-refractivity contribution in [2.24, 2.45) is 0 Å². The summed E-state index contributed by atoms with van der Waals surface area (Å²) >= 11 is 0. The van der Waals surface area contributed by atoms with Crippen LogP contribution in [0.4, 0.5) is 0 Å². The van der Waals surface area contributed by atoms with E-state index < -0.39 is 0 Å². The molecule has 0 amide bonds. The molecule has 0 radical (unpaired) electrons. The number of aromatic nitrogens is 5. The Labute approximate surface area is 135 Å². The van der Waals surface area contributed by atoms with Gasteiger partial charge in [0.05, 0.1) is 11.4 Å². The molecule has 4 rings (SSSR count). The maximum Gasteiger partial charge on any atom is 0.160 e. The highest BCUT2D eigenvalue weighted by molar-refractivity contribution is 5.37. The monoisotopic (exact) mass is 308 g/mol. The van der Waals surface area contributed by atoms with Crippen LogP contribution in [0.2, 0.25) is 0 Å². The standard InChI is InChI=1S/C17H20N6/c1-13-9-19-15(10-18-13)12-22-7-4-5-14(11-22)17-21-20-16-6-2-3-8-23(16)17/h2-3,6,8-10,14H,4-5,7,11-12H2,1H3/t14-/m0/s1. The number of likely N-dealkylation sites (tertiary alicyclic amines) is 1. The number of rotatable bonds is 3. The maximum absolute atomic E-state index is 4.47. The Morgan fingerprint density at radius 3 is 3.00 bits per heavy atom. The van der Waals surface area contributed by atoms with Crippen molar-refractivity contribution < 1.29 is 0 Å². The topological polar surface area (TPSA) is 59.2 Å². The fraction of sp³-hybridized carbons (Fsp3) is 0.412. The van der Waals surface area contributed by atoms with Crippen LogP contribution in [-0.4, -0.2) is 42.6 Å². The van der Waals surface area contributed by atoms with E-state index in [0.29, 0.717) is 5.92 Å². The zero-order valence-electron chi connectivity index (χ0n) is 13.3. The van der Waals surface area contributed by atoms with Crippen LogP contribution in [0.3, 0.4) is 0 Å². The molecular formula is C17H20N6. The van der Waals surface area contributed by atoms with E-state index in [4.69, 9.17) is 0 Å². The Kier molecular flexibility index (Phi) is 3.75. The van der Waals surface area contributed by atoms with Crippen molar-refractivity contribution in [1.29, 1.82) is 0 Å². The van der Waals surface area contributed by atoms with Crippen molar-refractivity contribution >= 4 is 5.65 Å². The van der Waals surface area contributed by atoms with E-state index in [1.165, 1.54) is 6.42 Å². The summed E-state index contributed by atoms with van der Waals surface area (Å²) in [5.74, 6) is 1.49. The summed E-state index contributed by atoms with van der Waals surface area (Å²) in [4.78, 5) is 11.3. The van der Waals surface area contributed by atoms with Crippen molar-refractivity contribution in [2.75, 3.05) is 13.1 Å². The summed E-state index contributed by atoms with van der Waals surface area (Å²) in [6.45, 7) is 4.90. The molecule has 1 fully saturated rings. The minimum Gasteiger partial charge on any atom is -0.297 e. The molecule has 0 aliphatic carbocycles. The van der Waals surface area contributed by atoms with Gasteiger partial charge < -0.3 is 0 Å². The first-order valence-electron chi connectivity index (χ1n) is 8.09. The van der Waals surface area contributed by atoms with E-state index in [1.54, 1.807) is 0 Å². The summed E-state index contributed by atoms with van der Waals surface area (Å²) in [6.07, 6.45) is 8.10. The molecule has 0 saturated carbocycles. The lowest BCUT2D eigenvalue weighted by Crippen LogP contribution is -2.34.